The topological polar surface area (TPSA) is 66.6 Å². The normalized spacial score (nSPS) is 20.3. The van der Waals surface area contributed by atoms with Gasteiger partial charge in [-0.15, -0.1) is 11.3 Å². The molecule has 0 spiro atoms. The van der Waals surface area contributed by atoms with Crippen LogP contribution in [0.4, 0.5) is 0 Å². The lowest BCUT2D eigenvalue weighted by molar-refractivity contribution is -0.123. The summed E-state index contributed by atoms with van der Waals surface area (Å²) >= 11 is 1.57. The summed E-state index contributed by atoms with van der Waals surface area (Å²) in [6.07, 6.45) is 1.21. The van der Waals surface area contributed by atoms with Crippen LogP contribution in [0.3, 0.4) is 0 Å². The molecule has 1 unspecified atom stereocenters. The van der Waals surface area contributed by atoms with E-state index in [2.05, 4.69) is 4.90 Å². The molecule has 2 rings (SSSR count). The van der Waals surface area contributed by atoms with Crippen LogP contribution >= 0.6 is 11.3 Å². The van der Waals surface area contributed by atoms with E-state index in [0.717, 1.165) is 30.8 Å². The first-order chi connectivity index (χ1) is 8.16. The Labute approximate surface area is 105 Å². The predicted molar refractivity (Wildman–Crippen MR) is 67.6 cm³/mol. The highest BCUT2D eigenvalue weighted by Crippen LogP contribution is 2.22. The van der Waals surface area contributed by atoms with Crippen molar-refractivity contribution < 1.29 is 9.90 Å². The number of β-amino-alcohol motifs (C(OH)–C–C–N with tert-alkyl or cyclic N) is 1. The van der Waals surface area contributed by atoms with E-state index in [1.807, 2.05) is 17.5 Å². The molecule has 4 nitrogen and oxygen atoms in total. The van der Waals surface area contributed by atoms with Crippen molar-refractivity contribution in [2.24, 2.45) is 11.7 Å². The Kier molecular flexibility index (Phi) is 4.15. The molecule has 0 bridgehead atoms. The first-order valence-corrected chi connectivity index (χ1v) is 6.78. The first-order valence-electron chi connectivity index (χ1n) is 5.90. The Balaban J connectivity index is 1.80. The Morgan fingerprint density at radius 1 is 1.59 bits per heavy atom. The summed E-state index contributed by atoms with van der Waals surface area (Å²) in [4.78, 5) is 14.2. The fourth-order valence-corrected chi connectivity index (χ4v) is 2.92. The average molecular weight is 254 g/mol. The molecule has 3 N–H and O–H groups in total. The minimum Gasteiger partial charge on any atom is -0.386 e. The lowest BCUT2D eigenvalue weighted by atomic mass is 9.96. The van der Waals surface area contributed by atoms with Crippen molar-refractivity contribution in [3.63, 3.8) is 0 Å². The van der Waals surface area contributed by atoms with E-state index in [1.165, 1.54) is 0 Å². The van der Waals surface area contributed by atoms with Gasteiger partial charge in [0.1, 0.15) is 6.10 Å². The smallest absolute Gasteiger partial charge is 0.220 e. The molecular weight excluding hydrogens is 236 g/mol. The number of likely N-dealkylation sites (tertiary alicyclic amines) is 1. The number of amides is 1. The molecule has 1 aliphatic rings. The maximum atomic E-state index is 11.0. The van der Waals surface area contributed by atoms with Crippen LogP contribution in [0, 0.1) is 5.92 Å². The molecule has 2 heterocycles. The summed E-state index contributed by atoms with van der Waals surface area (Å²) in [5.74, 6) is -0.173. The molecule has 5 heteroatoms. The maximum absolute atomic E-state index is 11.0. The third-order valence-electron chi connectivity index (χ3n) is 3.29. The van der Waals surface area contributed by atoms with Crippen molar-refractivity contribution in [2.45, 2.75) is 18.9 Å². The van der Waals surface area contributed by atoms with Crippen molar-refractivity contribution in [1.82, 2.24) is 4.90 Å². The number of hydrogen-bond donors (Lipinski definition) is 2. The standard InChI is InChI=1S/C12H18N2O2S/c13-12(16)9-3-5-14(6-4-9)8-10(15)11-2-1-7-17-11/h1-2,7,9-10,15H,3-6,8H2,(H2,13,16). The SMILES string of the molecule is NC(=O)C1CCN(CC(O)c2cccs2)CC1. The molecule has 1 saturated heterocycles. The summed E-state index contributed by atoms with van der Waals surface area (Å²) in [6, 6.07) is 3.90. The number of piperidine rings is 1. The summed E-state index contributed by atoms with van der Waals surface area (Å²) < 4.78 is 0. The van der Waals surface area contributed by atoms with E-state index in [-0.39, 0.29) is 11.8 Å². The Morgan fingerprint density at radius 2 is 2.29 bits per heavy atom. The molecule has 1 fully saturated rings. The summed E-state index contributed by atoms with van der Waals surface area (Å²) in [7, 11) is 0. The van der Waals surface area contributed by atoms with Gasteiger partial charge < -0.3 is 15.7 Å². The minimum atomic E-state index is -0.417. The van der Waals surface area contributed by atoms with Gasteiger partial charge in [-0.1, -0.05) is 6.07 Å². The second kappa shape index (κ2) is 5.62. The van der Waals surface area contributed by atoms with Gasteiger partial charge in [-0.2, -0.15) is 0 Å². The van der Waals surface area contributed by atoms with E-state index < -0.39 is 6.10 Å². The second-order valence-electron chi connectivity index (χ2n) is 4.51. The third-order valence-corrected chi connectivity index (χ3v) is 4.27. The highest BCUT2D eigenvalue weighted by Gasteiger charge is 2.24. The van der Waals surface area contributed by atoms with Crippen molar-refractivity contribution in [3.05, 3.63) is 22.4 Å². The van der Waals surface area contributed by atoms with Crippen molar-refractivity contribution >= 4 is 17.2 Å². The van der Waals surface area contributed by atoms with Gasteiger partial charge in [0, 0.05) is 17.3 Å². The van der Waals surface area contributed by atoms with Gasteiger partial charge in [0.15, 0.2) is 0 Å². The van der Waals surface area contributed by atoms with Crippen LogP contribution in [0.1, 0.15) is 23.8 Å². The molecule has 0 aliphatic carbocycles. The van der Waals surface area contributed by atoms with Crippen LogP contribution in [0.5, 0.6) is 0 Å². The molecule has 1 aliphatic heterocycles. The van der Waals surface area contributed by atoms with Crippen LogP contribution in [-0.4, -0.2) is 35.5 Å². The number of rotatable bonds is 4. The monoisotopic (exact) mass is 254 g/mol. The van der Waals surface area contributed by atoms with Gasteiger partial charge in [-0.3, -0.25) is 4.79 Å². The van der Waals surface area contributed by atoms with Crippen LogP contribution in [-0.2, 0) is 4.79 Å². The van der Waals surface area contributed by atoms with Gasteiger partial charge in [-0.25, -0.2) is 0 Å². The minimum absolute atomic E-state index is 0.0186. The number of primary amides is 1. The zero-order chi connectivity index (χ0) is 12.3. The molecule has 94 valence electrons. The van der Waals surface area contributed by atoms with E-state index in [0.29, 0.717) is 6.54 Å². The number of hydrogen-bond acceptors (Lipinski definition) is 4. The number of carbonyl (C=O) groups excluding carboxylic acids is 1. The van der Waals surface area contributed by atoms with Crippen molar-refractivity contribution in [3.8, 4) is 0 Å². The summed E-state index contributed by atoms with van der Waals surface area (Å²) in [6.45, 7) is 2.33. The largest absolute Gasteiger partial charge is 0.386 e. The molecule has 1 aromatic rings. The van der Waals surface area contributed by atoms with Crippen LogP contribution in [0.25, 0.3) is 0 Å². The van der Waals surface area contributed by atoms with E-state index >= 15 is 0 Å². The highest BCUT2D eigenvalue weighted by molar-refractivity contribution is 7.10. The third kappa shape index (κ3) is 3.28. The molecule has 1 atom stereocenters. The molecule has 0 radical (unpaired) electrons. The number of aliphatic hydroxyl groups is 1. The lowest BCUT2D eigenvalue weighted by Gasteiger charge is -2.31. The van der Waals surface area contributed by atoms with E-state index in [9.17, 15) is 9.90 Å². The van der Waals surface area contributed by atoms with Crippen molar-refractivity contribution in [2.75, 3.05) is 19.6 Å². The number of aliphatic hydroxyl groups excluding tert-OH is 1. The molecule has 1 amide bonds. The fourth-order valence-electron chi connectivity index (χ4n) is 2.22. The van der Waals surface area contributed by atoms with Crippen molar-refractivity contribution in [1.29, 1.82) is 0 Å². The number of thiophene rings is 1. The number of carbonyl (C=O) groups is 1. The van der Waals surface area contributed by atoms with Gasteiger partial charge in [0.25, 0.3) is 0 Å². The van der Waals surface area contributed by atoms with E-state index in [1.54, 1.807) is 11.3 Å². The zero-order valence-electron chi connectivity index (χ0n) is 9.71. The number of nitrogens with two attached hydrogens (primary N) is 1. The highest BCUT2D eigenvalue weighted by atomic mass is 32.1. The second-order valence-corrected chi connectivity index (χ2v) is 5.49. The quantitative estimate of drug-likeness (QED) is 0.841. The predicted octanol–water partition coefficient (Wildman–Crippen LogP) is 0.979. The van der Waals surface area contributed by atoms with Gasteiger partial charge in [-0.05, 0) is 37.4 Å². The van der Waals surface area contributed by atoms with Crippen LogP contribution in [0.2, 0.25) is 0 Å². The Bertz CT molecular complexity index is 359. The van der Waals surface area contributed by atoms with E-state index in [4.69, 9.17) is 5.73 Å². The van der Waals surface area contributed by atoms with Gasteiger partial charge >= 0.3 is 0 Å². The lowest BCUT2D eigenvalue weighted by Crippen LogP contribution is -2.40. The number of nitrogens with zero attached hydrogens (tertiary/aromatic N) is 1. The summed E-state index contributed by atoms with van der Waals surface area (Å²) in [5, 5.41) is 12.0. The maximum Gasteiger partial charge on any atom is 0.220 e. The molecular formula is C12H18N2O2S. The van der Waals surface area contributed by atoms with Crippen LogP contribution in [0.15, 0.2) is 17.5 Å². The average Bonchev–Trinajstić information content (AvgIpc) is 2.83. The molecule has 0 aromatic carbocycles. The zero-order valence-corrected chi connectivity index (χ0v) is 10.5. The van der Waals surface area contributed by atoms with Gasteiger partial charge in [0.05, 0.1) is 0 Å². The Morgan fingerprint density at radius 3 is 2.82 bits per heavy atom. The molecule has 17 heavy (non-hydrogen) atoms. The Hall–Kier alpha value is -0.910. The van der Waals surface area contributed by atoms with Crippen LogP contribution < -0.4 is 5.73 Å². The molecule has 0 saturated carbocycles. The molecule has 1 aromatic heterocycles. The summed E-state index contributed by atoms with van der Waals surface area (Å²) in [5.41, 5.74) is 5.29. The fraction of sp³-hybridized carbons (Fsp3) is 0.583. The van der Waals surface area contributed by atoms with Gasteiger partial charge in [0.2, 0.25) is 5.91 Å². The first kappa shape index (κ1) is 12.5.